The first kappa shape index (κ1) is 20.9. The summed E-state index contributed by atoms with van der Waals surface area (Å²) in [5.41, 5.74) is 4.35. The van der Waals surface area contributed by atoms with Crippen LogP contribution < -0.4 is 0 Å². The lowest BCUT2D eigenvalue weighted by Crippen LogP contribution is -2.50. The van der Waals surface area contributed by atoms with Crippen molar-refractivity contribution in [1.29, 1.82) is 0 Å². The molecule has 4 rings (SSSR count). The minimum Gasteiger partial charge on any atom is -0.394 e. The molecule has 158 valence electrons. The molecule has 1 aromatic rings. The molecule has 4 nitrogen and oxygen atoms in total. The smallest absolute Gasteiger partial charge is 0.127 e. The highest BCUT2D eigenvalue weighted by atomic mass is 19.1. The highest BCUT2D eigenvalue weighted by molar-refractivity contribution is 5.69. The van der Waals surface area contributed by atoms with Crippen molar-refractivity contribution >= 4 is 0 Å². The van der Waals surface area contributed by atoms with Crippen molar-refractivity contribution in [2.24, 2.45) is 5.92 Å². The van der Waals surface area contributed by atoms with Crippen LogP contribution in [0.1, 0.15) is 42.6 Å². The molecule has 1 saturated heterocycles. The number of rotatable bonds is 4. The van der Waals surface area contributed by atoms with Gasteiger partial charge in [0.15, 0.2) is 0 Å². The Labute approximate surface area is 175 Å². The molecule has 6 atom stereocenters. The van der Waals surface area contributed by atoms with Gasteiger partial charge >= 0.3 is 0 Å². The van der Waals surface area contributed by atoms with Gasteiger partial charge in [-0.2, -0.15) is 0 Å². The van der Waals surface area contributed by atoms with Crippen LogP contribution in [0.5, 0.6) is 0 Å². The molecule has 30 heavy (non-hydrogen) atoms. The van der Waals surface area contributed by atoms with E-state index in [-0.39, 0.29) is 18.3 Å². The van der Waals surface area contributed by atoms with Crippen LogP contribution in [-0.2, 0) is 4.74 Å². The third-order valence-electron chi connectivity index (χ3n) is 6.34. The van der Waals surface area contributed by atoms with Gasteiger partial charge in [-0.3, -0.25) is 0 Å². The highest BCUT2D eigenvalue weighted by Gasteiger charge is 2.42. The van der Waals surface area contributed by atoms with E-state index in [1.807, 2.05) is 37.3 Å². The van der Waals surface area contributed by atoms with Gasteiger partial charge in [0.2, 0.25) is 0 Å². The number of halogens is 1. The van der Waals surface area contributed by atoms with E-state index in [1.54, 1.807) is 19.1 Å². The van der Waals surface area contributed by atoms with Gasteiger partial charge in [-0.25, -0.2) is 4.39 Å². The topological polar surface area (TPSA) is 69.9 Å². The number of ether oxygens (including phenoxy) is 1. The van der Waals surface area contributed by atoms with Crippen LogP contribution in [-0.4, -0.2) is 40.2 Å². The lowest BCUT2D eigenvalue weighted by atomic mass is 9.84. The van der Waals surface area contributed by atoms with E-state index in [0.29, 0.717) is 11.1 Å². The van der Waals surface area contributed by atoms with Crippen LogP contribution in [0.2, 0.25) is 0 Å². The zero-order chi connectivity index (χ0) is 21.4. The van der Waals surface area contributed by atoms with Gasteiger partial charge in [-0.05, 0) is 39.9 Å². The average Bonchev–Trinajstić information content (AvgIpc) is 3.03. The summed E-state index contributed by atoms with van der Waals surface area (Å²) < 4.78 is 20.6. The fourth-order valence-corrected chi connectivity index (χ4v) is 4.33. The first-order chi connectivity index (χ1) is 14.4. The summed E-state index contributed by atoms with van der Waals surface area (Å²) in [6, 6.07) is 18.8. The predicted molar refractivity (Wildman–Crippen MR) is 113 cm³/mol. The number of fused-ring (bicyclic) bond motifs is 1. The molecule has 2 aliphatic carbocycles. The molecule has 0 bridgehead atoms. The largest absolute Gasteiger partial charge is 0.394 e. The van der Waals surface area contributed by atoms with Gasteiger partial charge < -0.3 is 20.1 Å². The summed E-state index contributed by atoms with van der Waals surface area (Å²) in [5, 5.41) is 30.4. The number of benzene rings is 1. The van der Waals surface area contributed by atoms with Crippen molar-refractivity contribution in [3.8, 4) is 11.1 Å². The Balaban J connectivity index is 1.68. The number of aliphatic hydroxyl groups excluding tert-OH is 3. The molecular formula is C25H27FO4. The molecule has 0 radical (unpaired) electrons. The quantitative estimate of drug-likeness (QED) is 0.611. The van der Waals surface area contributed by atoms with E-state index in [4.69, 9.17) is 4.74 Å². The summed E-state index contributed by atoms with van der Waals surface area (Å²) in [6.07, 6.45) is -3.46. The van der Waals surface area contributed by atoms with E-state index in [2.05, 4.69) is 12.1 Å². The second-order valence-electron chi connectivity index (χ2n) is 8.23. The number of hydrogen-bond donors (Lipinski definition) is 3. The number of aliphatic hydroxyl groups is 3. The summed E-state index contributed by atoms with van der Waals surface area (Å²) in [5.74, 6) is -0.993. The zero-order valence-corrected chi connectivity index (χ0v) is 17.1. The first-order valence-corrected chi connectivity index (χ1v) is 10.3. The normalized spacial score (nSPS) is 27.9. The van der Waals surface area contributed by atoms with Crippen molar-refractivity contribution in [3.05, 3.63) is 83.2 Å². The monoisotopic (exact) mass is 410 g/mol. The third-order valence-corrected chi connectivity index (χ3v) is 6.34. The van der Waals surface area contributed by atoms with Gasteiger partial charge in [-0.15, -0.1) is 0 Å². The summed E-state index contributed by atoms with van der Waals surface area (Å²) in [4.78, 5) is 0. The SMILES string of the molecule is CC(c1cc2cccccc-2c1)c1cc([C@@H]2O[C@H](CO)[C@@H](O)[C@H](C)[C@H]2O)ccc1F. The molecule has 0 saturated carbocycles. The summed E-state index contributed by atoms with van der Waals surface area (Å²) in [7, 11) is 0. The Morgan fingerprint density at radius 1 is 0.967 bits per heavy atom. The van der Waals surface area contributed by atoms with Gasteiger partial charge in [0.25, 0.3) is 0 Å². The van der Waals surface area contributed by atoms with E-state index < -0.39 is 30.3 Å². The van der Waals surface area contributed by atoms with Crippen LogP contribution in [0.15, 0.2) is 60.7 Å². The standard InChI is InChI=1S/C25H27FO4/c1-14(19-10-16-6-4-3-5-7-17(16)11-19)20-12-18(8-9-21(20)26)25-24(29)15(2)23(28)22(13-27)30-25/h3-12,14-15,22-25,27-29H,13H2,1-2H3/t14?,15-,22+,23-,24+,25-/m0/s1. The first-order valence-electron chi connectivity index (χ1n) is 10.3. The fourth-order valence-electron chi connectivity index (χ4n) is 4.33. The van der Waals surface area contributed by atoms with E-state index in [9.17, 15) is 19.7 Å². The van der Waals surface area contributed by atoms with Crippen LogP contribution in [0, 0.1) is 11.7 Å². The molecule has 3 N–H and O–H groups in total. The van der Waals surface area contributed by atoms with Crippen molar-refractivity contribution in [2.45, 2.75) is 44.2 Å². The maximum atomic E-state index is 14.8. The Kier molecular flexibility index (Phi) is 5.89. The Hall–Kier alpha value is -2.31. The summed E-state index contributed by atoms with van der Waals surface area (Å²) >= 11 is 0. The molecule has 0 amide bonds. The molecule has 1 aromatic carbocycles. The van der Waals surface area contributed by atoms with Crippen LogP contribution >= 0.6 is 0 Å². The Bertz CT molecular complexity index is 958. The van der Waals surface area contributed by atoms with Crippen molar-refractivity contribution < 1.29 is 24.4 Å². The molecule has 1 aliphatic heterocycles. The lowest BCUT2D eigenvalue weighted by molar-refractivity contribution is -0.207. The van der Waals surface area contributed by atoms with Crippen molar-refractivity contribution in [1.82, 2.24) is 0 Å². The maximum absolute atomic E-state index is 14.8. The van der Waals surface area contributed by atoms with Gasteiger partial charge in [-0.1, -0.05) is 62.4 Å². The number of hydrogen-bond acceptors (Lipinski definition) is 4. The molecule has 0 aromatic heterocycles. The van der Waals surface area contributed by atoms with E-state index in [1.165, 1.54) is 6.07 Å². The van der Waals surface area contributed by atoms with Crippen molar-refractivity contribution in [3.63, 3.8) is 0 Å². The van der Waals surface area contributed by atoms with Crippen LogP contribution in [0.25, 0.3) is 11.1 Å². The average molecular weight is 410 g/mol. The Morgan fingerprint density at radius 3 is 2.27 bits per heavy atom. The highest BCUT2D eigenvalue weighted by Crippen LogP contribution is 2.38. The third kappa shape index (κ3) is 3.74. The van der Waals surface area contributed by atoms with E-state index >= 15 is 0 Å². The van der Waals surface area contributed by atoms with Gasteiger partial charge in [0.05, 0.1) is 18.8 Å². The maximum Gasteiger partial charge on any atom is 0.127 e. The molecule has 1 unspecified atom stereocenters. The second kappa shape index (κ2) is 8.44. The lowest BCUT2D eigenvalue weighted by Gasteiger charge is -2.41. The molecule has 1 fully saturated rings. The second-order valence-corrected chi connectivity index (χ2v) is 8.23. The zero-order valence-electron chi connectivity index (χ0n) is 17.1. The van der Waals surface area contributed by atoms with Gasteiger partial charge in [0, 0.05) is 11.8 Å². The molecular weight excluding hydrogens is 383 g/mol. The minimum absolute atomic E-state index is 0.194. The van der Waals surface area contributed by atoms with Gasteiger partial charge in [0.1, 0.15) is 18.0 Å². The molecule has 5 heteroatoms. The molecule has 0 spiro atoms. The molecule has 1 heterocycles. The van der Waals surface area contributed by atoms with Crippen LogP contribution in [0.4, 0.5) is 4.39 Å². The fraction of sp³-hybridized carbons (Fsp3) is 0.360. The Morgan fingerprint density at radius 2 is 1.63 bits per heavy atom. The minimum atomic E-state index is -0.960. The molecule has 3 aliphatic rings. The van der Waals surface area contributed by atoms with Crippen LogP contribution in [0.3, 0.4) is 0 Å². The summed E-state index contributed by atoms with van der Waals surface area (Å²) in [6.45, 7) is 3.32. The van der Waals surface area contributed by atoms with Crippen molar-refractivity contribution in [2.75, 3.05) is 6.61 Å². The predicted octanol–water partition coefficient (Wildman–Crippen LogP) is 3.87. The van der Waals surface area contributed by atoms with E-state index in [0.717, 1.165) is 16.7 Å².